The van der Waals surface area contributed by atoms with Gasteiger partial charge >= 0.3 is 0 Å². The minimum Gasteiger partial charge on any atom is -0.321 e. The van der Waals surface area contributed by atoms with Crippen LogP contribution in [0.25, 0.3) is 0 Å². The molecule has 1 atom stereocenters. The number of rotatable bonds is 2. The van der Waals surface area contributed by atoms with Crippen molar-refractivity contribution in [3.05, 3.63) is 50.7 Å². The first-order chi connectivity index (χ1) is 10.7. The average molecular weight is 311 g/mol. The fourth-order valence-electron chi connectivity index (χ4n) is 3.66. The number of hydrogen-bond donors (Lipinski definition) is 1. The number of carbonyl (C=O) groups excluding carboxylic acids is 1. The van der Waals surface area contributed by atoms with E-state index in [-0.39, 0.29) is 5.91 Å². The standard InChI is InChI=1S/C19H21NOS/c1-12-5-8-17-15(9-12)11-18(22-17)19(21)20-16-7-6-13-3-2-4-14(13)10-16/h6-7,10-12H,2-5,8-9H2,1H3,(H,20,21)/t12-/m1/s1. The zero-order valence-corrected chi connectivity index (χ0v) is 13.8. The van der Waals surface area contributed by atoms with Crippen molar-refractivity contribution < 1.29 is 4.79 Å². The van der Waals surface area contributed by atoms with Crippen molar-refractivity contribution in [3.63, 3.8) is 0 Å². The van der Waals surface area contributed by atoms with Crippen LogP contribution in [0, 0.1) is 5.92 Å². The Hall–Kier alpha value is -1.61. The van der Waals surface area contributed by atoms with Crippen LogP contribution in [0.4, 0.5) is 5.69 Å². The fraction of sp³-hybridized carbons (Fsp3) is 0.421. The first-order valence-corrected chi connectivity index (χ1v) is 9.05. The van der Waals surface area contributed by atoms with Gasteiger partial charge in [-0.25, -0.2) is 0 Å². The molecule has 3 heteroatoms. The van der Waals surface area contributed by atoms with Crippen LogP contribution in [0.2, 0.25) is 0 Å². The maximum Gasteiger partial charge on any atom is 0.265 e. The summed E-state index contributed by atoms with van der Waals surface area (Å²) in [5, 5.41) is 3.08. The van der Waals surface area contributed by atoms with Crippen molar-refractivity contribution in [1.29, 1.82) is 0 Å². The summed E-state index contributed by atoms with van der Waals surface area (Å²) >= 11 is 1.68. The van der Waals surface area contributed by atoms with E-state index in [1.165, 1.54) is 40.8 Å². The van der Waals surface area contributed by atoms with Gasteiger partial charge in [-0.3, -0.25) is 4.79 Å². The third-order valence-electron chi connectivity index (χ3n) is 4.91. The number of aryl methyl sites for hydroxylation is 3. The maximum absolute atomic E-state index is 12.5. The van der Waals surface area contributed by atoms with E-state index in [1.54, 1.807) is 11.3 Å². The second-order valence-electron chi connectivity index (χ2n) is 6.70. The number of hydrogen-bond acceptors (Lipinski definition) is 2. The molecule has 1 N–H and O–H groups in total. The van der Waals surface area contributed by atoms with E-state index in [2.05, 4.69) is 30.4 Å². The Morgan fingerprint density at radius 3 is 2.91 bits per heavy atom. The molecule has 0 spiro atoms. The third-order valence-corrected chi connectivity index (χ3v) is 6.15. The summed E-state index contributed by atoms with van der Waals surface area (Å²) < 4.78 is 0. The lowest BCUT2D eigenvalue weighted by atomic mass is 9.90. The van der Waals surface area contributed by atoms with Crippen molar-refractivity contribution in [1.82, 2.24) is 0 Å². The fourth-order valence-corrected chi connectivity index (χ4v) is 4.76. The molecule has 1 aromatic heterocycles. The molecule has 1 amide bonds. The van der Waals surface area contributed by atoms with Crippen LogP contribution >= 0.6 is 11.3 Å². The Kier molecular flexibility index (Phi) is 3.53. The van der Waals surface area contributed by atoms with Crippen LogP contribution in [-0.2, 0) is 25.7 Å². The molecular formula is C19H21NOS. The molecule has 0 saturated carbocycles. The van der Waals surface area contributed by atoms with Crippen molar-refractivity contribution >= 4 is 22.9 Å². The Labute approximate surface area is 135 Å². The van der Waals surface area contributed by atoms with Crippen molar-refractivity contribution in [2.24, 2.45) is 5.92 Å². The van der Waals surface area contributed by atoms with Crippen LogP contribution in [-0.4, -0.2) is 5.91 Å². The SMILES string of the molecule is C[C@@H]1CCc2sc(C(=O)Nc3ccc4c(c3)CCC4)cc2C1. The topological polar surface area (TPSA) is 29.1 Å². The molecule has 4 rings (SSSR count). The number of nitrogens with one attached hydrogen (secondary N) is 1. The van der Waals surface area contributed by atoms with Gasteiger partial charge in [0, 0.05) is 10.6 Å². The first-order valence-electron chi connectivity index (χ1n) is 8.24. The van der Waals surface area contributed by atoms with E-state index in [4.69, 9.17) is 0 Å². The summed E-state index contributed by atoms with van der Waals surface area (Å²) in [5.41, 5.74) is 5.17. The largest absolute Gasteiger partial charge is 0.321 e. The molecule has 0 radical (unpaired) electrons. The number of anilines is 1. The van der Waals surface area contributed by atoms with Crippen LogP contribution < -0.4 is 5.32 Å². The molecule has 2 aliphatic rings. The predicted molar refractivity (Wildman–Crippen MR) is 91.9 cm³/mol. The summed E-state index contributed by atoms with van der Waals surface area (Å²) in [7, 11) is 0. The van der Waals surface area contributed by atoms with Gasteiger partial charge in [-0.15, -0.1) is 11.3 Å². The smallest absolute Gasteiger partial charge is 0.265 e. The van der Waals surface area contributed by atoms with Crippen LogP contribution in [0.1, 0.15) is 51.0 Å². The molecule has 1 heterocycles. The number of amides is 1. The van der Waals surface area contributed by atoms with E-state index in [1.807, 2.05) is 6.07 Å². The molecule has 22 heavy (non-hydrogen) atoms. The molecule has 0 bridgehead atoms. The minimum absolute atomic E-state index is 0.0463. The Morgan fingerprint density at radius 2 is 2.00 bits per heavy atom. The highest BCUT2D eigenvalue weighted by molar-refractivity contribution is 7.14. The van der Waals surface area contributed by atoms with Gasteiger partial charge in [0.1, 0.15) is 0 Å². The van der Waals surface area contributed by atoms with Crippen molar-refractivity contribution in [2.45, 2.75) is 45.4 Å². The second kappa shape index (κ2) is 5.54. The molecular weight excluding hydrogens is 290 g/mol. The van der Waals surface area contributed by atoms with E-state index in [9.17, 15) is 4.79 Å². The molecule has 0 aliphatic heterocycles. The van der Waals surface area contributed by atoms with Crippen molar-refractivity contribution in [3.8, 4) is 0 Å². The van der Waals surface area contributed by atoms with Gasteiger partial charge in [0.15, 0.2) is 0 Å². The monoisotopic (exact) mass is 311 g/mol. The summed E-state index contributed by atoms with van der Waals surface area (Å²) in [6.07, 6.45) is 7.07. The Bertz CT molecular complexity index is 731. The number of fused-ring (bicyclic) bond motifs is 2. The Morgan fingerprint density at radius 1 is 1.14 bits per heavy atom. The Balaban J connectivity index is 1.53. The van der Waals surface area contributed by atoms with Crippen molar-refractivity contribution in [2.75, 3.05) is 5.32 Å². The van der Waals surface area contributed by atoms with E-state index in [0.717, 1.165) is 35.7 Å². The maximum atomic E-state index is 12.5. The van der Waals surface area contributed by atoms with E-state index < -0.39 is 0 Å². The quantitative estimate of drug-likeness (QED) is 0.862. The zero-order chi connectivity index (χ0) is 15.1. The van der Waals surface area contributed by atoms with Gasteiger partial charge in [0.05, 0.1) is 4.88 Å². The molecule has 2 nitrogen and oxygen atoms in total. The summed E-state index contributed by atoms with van der Waals surface area (Å²) in [6.45, 7) is 2.30. The second-order valence-corrected chi connectivity index (χ2v) is 7.83. The molecule has 2 aromatic rings. The molecule has 0 fully saturated rings. The van der Waals surface area contributed by atoms with Crippen LogP contribution in [0.3, 0.4) is 0 Å². The minimum atomic E-state index is 0.0463. The summed E-state index contributed by atoms with van der Waals surface area (Å²) in [4.78, 5) is 14.8. The highest BCUT2D eigenvalue weighted by Crippen LogP contribution is 2.33. The average Bonchev–Trinajstić information content (AvgIpc) is 3.12. The van der Waals surface area contributed by atoms with Crippen LogP contribution in [0.15, 0.2) is 24.3 Å². The molecule has 0 unspecified atom stereocenters. The van der Waals surface area contributed by atoms with Gasteiger partial charge in [-0.2, -0.15) is 0 Å². The molecule has 2 aliphatic carbocycles. The molecule has 114 valence electrons. The van der Waals surface area contributed by atoms with E-state index in [0.29, 0.717) is 0 Å². The number of carbonyl (C=O) groups is 1. The van der Waals surface area contributed by atoms with Gasteiger partial charge in [0.25, 0.3) is 5.91 Å². The predicted octanol–water partition coefficient (Wildman–Crippen LogP) is 4.61. The number of benzene rings is 1. The molecule has 1 aromatic carbocycles. The first kappa shape index (κ1) is 14.0. The van der Waals surface area contributed by atoms with Gasteiger partial charge < -0.3 is 5.32 Å². The lowest BCUT2D eigenvalue weighted by Crippen LogP contribution is -2.10. The van der Waals surface area contributed by atoms with E-state index >= 15 is 0 Å². The summed E-state index contributed by atoms with van der Waals surface area (Å²) in [6, 6.07) is 8.46. The summed E-state index contributed by atoms with van der Waals surface area (Å²) in [5.74, 6) is 0.791. The molecule has 0 saturated heterocycles. The lowest BCUT2D eigenvalue weighted by molar-refractivity contribution is 0.103. The van der Waals surface area contributed by atoms with Gasteiger partial charge in [-0.05, 0) is 79.3 Å². The van der Waals surface area contributed by atoms with Gasteiger partial charge in [-0.1, -0.05) is 13.0 Å². The van der Waals surface area contributed by atoms with Crippen LogP contribution in [0.5, 0.6) is 0 Å². The lowest BCUT2D eigenvalue weighted by Gasteiger charge is -2.16. The van der Waals surface area contributed by atoms with Gasteiger partial charge in [0.2, 0.25) is 0 Å². The third kappa shape index (κ3) is 2.58. The zero-order valence-electron chi connectivity index (χ0n) is 12.9. The highest BCUT2D eigenvalue weighted by atomic mass is 32.1. The highest BCUT2D eigenvalue weighted by Gasteiger charge is 2.21. The normalized spacial score (nSPS) is 19.6. The number of thiophene rings is 1.